The summed E-state index contributed by atoms with van der Waals surface area (Å²) in [6.45, 7) is 1.79. The molecule has 7 heteroatoms. The van der Waals surface area contributed by atoms with Gasteiger partial charge in [0.15, 0.2) is 4.33 Å². The van der Waals surface area contributed by atoms with E-state index < -0.39 is 19.5 Å². The van der Waals surface area contributed by atoms with Crippen molar-refractivity contribution in [1.82, 2.24) is 0 Å². The fourth-order valence-electron chi connectivity index (χ4n) is 2.19. The van der Waals surface area contributed by atoms with Gasteiger partial charge in [-0.2, -0.15) is 0 Å². The molecule has 0 N–H and O–H groups in total. The third-order valence-corrected chi connectivity index (χ3v) is 8.38. The Bertz CT molecular complexity index is 330. The monoisotopic (exact) mass is 346 g/mol. The number of allylic oxidation sites excluding steroid dienone is 2. The van der Waals surface area contributed by atoms with Crippen molar-refractivity contribution in [2.45, 2.75) is 26.4 Å². The van der Waals surface area contributed by atoms with E-state index in [1.807, 2.05) is 0 Å². The maximum absolute atomic E-state index is 6.36. The molecule has 1 fully saturated rings. The number of rotatable bonds is 0. The summed E-state index contributed by atoms with van der Waals surface area (Å²) in [7, 11) is 0. The van der Waals surface area contributed by atoms with Gasteiger partial charge in [0.1, 0.15) is 9.75 Å². The first-order valence-corrected chi connectivity index (χ1v) is 6.79. The third-order valence-electron chi connectivity index (χ3n) is 3.19. The van der Waals surface area contributed by atoms with Crippen molar-refractivity contribution >= 4 is 81.2 Å². The van der Waals surface area contributed by atoms with Gasteiger partial charge >= 0.3 is 0 Å². The Balaban J connectivity index is 2.76. The zero-order valence-electron chi connectivity index (χ0n) is 7.30. The molecule has 4 atom stereocenters. The molecule has 2 bridgehead atoms. The summed E-state index contributed by atoms with van der Waals surface area (Å²) in [6.07, 6.45) is 0. The van der Waals surface area contributed by atoms with Crippen LogP contribution in [0, 0.1) is 5.92 Å². The lowest BCUT2D eigenvalue weighted by Gasteiger charge is -2.32. The van der Waals surface area contributed by atoms with Gasteiger partial charge in [-0.15, -0.1) is 34.8 Å². The Hall–Kier alpha value is 1.77. The minimum atomic E-state index is -1.51. The molecule has 15 heavy (non-hydrogen) atoms. The summed E-state index contributed by atoms with van der Waals surface area (Å²) in [5, 5.41) is -0.235. The minimum Gasteiger partial charge on any atom is -0.120 e. The number of halogens is 7. The molecule has 0 aromatic rings. The molecule has 2 aliphatic rings. The van der Waals surface area contributed by atoms with Gasteiger partial charge in [0, 0.05) is 5.92 Å². The first kappa shape index (κ1) is 13.2. The molecule has 1 saturated carbocycles. The summed E-state index contributed by atoms with van der Waals surface area (Å²) in [5.41, 5.74) is 0. The Kier molecular flexibility index (Phi) is 3.00. The Morgan fingerprint density at radius 3 is 1.67 bits per heavy atom. The lowest BCUT2D eigenvalue weighted by Crippen LogP contribution is -2.44. The zero-order chi connectivity index (χ0) is 11.8. The van der Waals surface area contributed by atoms with E-state index in [2.05, 4.69) is 0 Å². The van der Waals surface area contributed by atoms with E-state index >= 15 is 0 Å². The highest BCUT2D eigenvalue weighted by atomic mass is 35.5. The molecule has 86 valence electrons. The average molecular weight is 349 g/mol. The van der Waals surface area contributed by atoms with Gasteiger partial charge in [0.25, 0.3) is 0 Å². The average Bonchev–Trinajstić information content (AvgIpc) is 2.34. The van der Waals surface area contributed by atoms with Crippen molar-refractivity contribution in [2.75, 3.05) is 0 Å². The molecule has 0 aromatic carbocycles. The van der Waals surface area contributed by atoms with Crippen LogP contribution in [-0.2, 0) is 0 Å². The third kappa shape index (κ3) is 1.12. The van der Waals surface area contributed by atoms with Gasteiger partial charge in [0.05, 0.1) is 15.4 Å². The molecule has 0 amide bonds. The summed E-state index contributed by atoms with van der Waals surface area (Å²) in [6, 6.07) is 0. The van der Waals surface area contributed by atoms with Crippen LogP contribution < -0.4 is 0 Å². The highest BCUT2D eigenvalue weighted by molar-refractivity contribution is 6.67. The van der Waals surface area contributed by atoms with E-state index in [1.54, 1.807) is 6.92 Å². The summed E-state index contributed by atoms with van der Waals surface area (Å²) >= 11 is 43.3. The summed E-state index contributed by atoms with van der Waals surface area (Å²) in [4.78, 5) is -2.54. The van der Waals surface area contributed by atoms with Crippen LogP contribution in [0.2, 0.25) is 0 Å². The van der Waals surface area contributed by atoms with Gasteiger partial charge in [-0.05, 0) is 0 Å². The van der Waals surface area contributed by atoms with Crippen LogP contribution in [-0.4, -0.2) is 19.5 Å². The molecule has 2 aliphatic carbocycles. The van der Waals surface area contributed by atoms with Crippen molar-refractivity contribution in [3.05, 3.63) is 10.1 Å². The van der Waals surface area contributed by atoms with Gasteiger partial charge in [-0.25, -0.2) is 0 Å². The van der Waals surface area contributed by atoms with Gasteiger partial charge in [-0.3, -0.25) is 0 Å². The maximum atomic E-state index is 6.36. The van der Waals surface area contributed by atoms with E-state index in [0.717, 1.165) is 0 Å². The molecule has 0 spiro atoms. The predicted octanol–water partition coefficient (Wildman–Crippen LogP) is 5.08. The quantitative estimate of drug-likeness (QED) is 0.535. The predicted molar refractivity (Wildman–Crippen MR) is 69.1 cm³/mol. The van der Waals surface area contributed by atoms with Gasteiger partial charge in [-0.1, -0.05) is 53.3 Å². The van der Waals surface area contributed by atoms with Crippen molar-refractivity contribution in [3.8, 4) is 0 Å². The molecule has 0 saturated heterocycles. The van der Waals surface area contributed by atoms with Gasteiger partial charge < -0.3 is 0 Å². The fraction of sp³-hybridized carbons (Fsp3) is 0.750. The molecule has 0 unspecified atom stereocenters. The number of fused-ring (bicyclic) bond motifs is 2. The lowest BCUT2D eigenvalue weighted by atomic mass is 9.94. The van der Waals surface area contributed by atoms with E-state index in [4.69, 9.17) is 81.2 Å². The van der Waals surface area contributed by atoms with Crippen LogP contribution in [0.15, 0.2) is 10.1 Å². The van der Waals surface area contributed by atoms with Crippen LogP contribution in [0.3, 0.4) is 0 Å². The van der Waals surface area contributed by atoms with Gasteiger partial charge in [0.2, 0.25) is 0 Å². The summed E-state index contributed by atoms with van der Waals surface area (Å²) < 4.78 is -1.51. The van der Waals surface area contributed by atoms with Crippen LogP contribution in [0.25, 0.3) is 0 Å². The molecule has 0 aromatic heterocycles. The smallest absolute Gasteiger partial charge is 0.120 e. The summed E-state index contributed by atoms with van der Waals surface area (Å²) in [5.74, 6) is -0.275. The normalized spacial score (nSPS) is 52.8. The zero-order valence-corrected chi connectivity index (χ0v) is 12.6. The highest BCUT2D eigenvalue weighted by Crippen LogP contribution is 2.75. The van der Waals surface area contributed by atoms with Crippen LogP contribution in [0.4, 0.5) is 0 Å². The molecule has 0 heterocycles. The Labute approximate surface area is 123 Å². The Morgan fingerprint density at radius 2 is 1.33 bits per heavy atom. The Morgan fingerprint density at radius 1 is 0.933 bits per heavy atom. The second-order valence-electron chi connectivity index (χ2n) is 3.82. The molecule has 0 aliphatic heterocycles. The van der Waals surface area contributed by atoms with Crippen molar-refractivity contribution in [2.24, 2.45) is 5.92 Å². The number of hydrogen-bond acceptors (Lipinski definition) is 0. The molecule has 0 radical (unpaired) electrons. The lowest BCUT2D eigenvalue weighted by molar-refractivity contribution is 0.516. The van der Waals surface area contributed by atoms with E-state index in [1.165, 1.54) is 0 Å². The topological polar surface area (TPSA) is 0 Å². The van der Waals surface area contributed by atoms with E-state index in [-0.39, 0.29) is 16.0 Å². The highest BCUT2D eigenvalue weighted by Gasteiger charge is 2.81. The largest absolute Gasteiger partial charge is 0.168 e. The standard InChI is InChI=1S/C8H5Cl7/c1-2-3(9)7(13)5(11)4(10)6(2,12)8(7,14)15/h2-3H,1H3/t2-,3+,6-,7-/m0/s1. The molecular formula is C8H5Cl7. The molecule has 2 rings (SSSR count). The number of alkyl halides is 5. The van der Waals surface area contributed by atoms with Crippen LogP contribution in [0.5, 0.6) is 0 Å². The first-order chi connectivity index (χ1) is 6.63. The SMILES string of the molecule is C[C@H]1[C@@H](Cl)[C@]2(Cl)C(Cl)=C(Cl)[C@]1(Cl)C2(Cl)Cl. The maximum Gasteiger partial charge on any atom is 0.168 e. The van der Waals surface area contributed by atoms with Crippen molar-refractivity contribution < 1.29 is 0 Å². The number of hydrogen-bond donors (Lipinski definition) is 0. The molecular weight excluding hydrogens is 344 g/mol. The van der Waals surface area contributed by atoms with E-state index in [9.17, 15) is 0 Å². The van der Waals surface area contributed by atoms with E-state index in [0.29, 0.717) is 0 Å². The second kappa shape index (κ2) is 3.41. The fourth-order valence-corrected chi connectivity index (χ4v) is 5.85. The van der Waals surface area contributed by atoms with Crippen LogP contribution >= 0.6 is 81.2 Å². The van der Waals surface area contributed by atoms with Crippen molar-refractivity contribution in [3.63, 3.8) is 0 Å². The van der Waals surface area contributed by atoms with Crippen molar-refractivity contribution in [1.29, 1.82) is 0 Å². The first-order valence-electron chi connectivity index (χ1n) is 4.09. The minimum absolute atomic E-state index is 0.143. The second-order valence-corrected chi connectivity index (χ2v) is 7.56. The molecule has 0 nitrogen and oxygen atoms in total. The van der Waals surface area contributed by atoms with Crippen LogP contribution in [0.1, 0.15) is 6.92 Å².